The molecule has 2 rings (SSSR count). The first-order chi connectivity index (χ1) is 8.24. The number of rotatable bonds is 3. The molecule has 4 heteroatoms. The molecule has 1 aromatic carbocycles. The molecule has 0 atom stereocenters. The molecular formula is C13H11BrN2O. The molecular weight excluding hydrogens is 280 g/mol. The zero-order valence-corrected chi connectivity index (χ0v) is 10.6. The minimum absolute atomic E-state index is 0.0414. The largest absolute Gasteiger partial charge is 0.326 e. The Morgan fingerprint density at radius 2 is 2.00 bits per heavy atom. The number of halogens is 1. The number of hydrogen-bond donors (Lipinski definition) is 1. The highest BCUT2D eigenvalue weighted by Crippen LogP contribution is 2.14. The lowest BCUT2D eigenvalue weighted by Gasteiger charge is -2.04. The van der Waals surface area contributed by atoms with Crippen LogP contribution in [0.5, 0.6) is 0 Å². The number of pyridine rings is 1. The summed E-state index contributed by atoms with van der Waals surface area (Å²) < 4.78 is 0.989. The van der Waals surface area contributed by atoms with Crippen molar-refractivity contribution in [2.75, 3.05) is 5.32 Å². The van der Waals surface area contributed by atoms with Crippen LogP contribution in [0.2, 0.25) is 0 Å². The predicted octanol–water partition coefficient (Wildman–Crippen LogP) is 3.03. The van der Waals surface area contributed by atoms with E-state index in [1.54, 1.807) is 12.4 Å². The van der Waals surface area contributed by atoms with Crippen LogP contribution < -0.4 is 5.32 Å². The first-order valence-corrected chi connectivity index (χ1v) is 5.97. The molecule has 2 aromatic rings. The Balaban J connectivity index is 1.96. The fraction of sp³-hybridized carbons (Fsp3) is 0.0769. The number of amides is 1. The molecule has 0 bridgehead atoms. The Morgan fingerprint density at radius 3 is 2.65 bits per heavy atom. The minimum atomic E-state index is -0.0414. The maximum absolute atomic E-state index is 11.7. The van der Waals surface area contributed by atoms with E-state index in [0.717, 1.165) is 15.7 Å². The normalized spacial score (nSPS) is 9.94. The highest BCUT2D eigenvalue weighted by molar-refractivity contribution is 9.10. The van der Waals surface area contributed by atoms with Crippen molar-refractivity contribution >= 4 is 27.5 Å². The Kier molecular flexibility index (Phi) is 3.88. The van der Waals surface area contributed by atoms with Crippen molar-refractivity contribution in [3.05, 3.63) is 58.8 Å². The molecule has 0 aliphatic carbocycles. The summed E-state index contributed by atoms with van der Waals surface area (Å²) in [7, 11) is 0. The van der Waals surface area contributed by atoms with Crippen LogP contribution in [0.1, 0.15) is 5.56 Å². The van der Waals surface area contributed by atoms with Gasteiger partial charge in [0, 0.05) is 22.6 Å². The molecule has 0 fully saturated rings. The molecule has 0 aliphatic heterocycles. The topological polar surface area (TPSA) is 42.0 Å². The number of aromatic nitrogens is 1. The summed E-state index contributed by atoms with van der Waals surface area (Å²) >= 11 is 3.34. The fourth-order valence-corrected chi connectivity index (χ4v) is 1.69. The van der Waals surface area contributed by atoms with Crippen LogP contribution >= 0.6 is 15.9 Å². The van der Waals surface area contributed by atoms with Crippen LogP contribution in [0.25, 0.3) is 0 Å². The zero-order valence-electron chi connectivity index (χ0n) is 9.06. The highest BCUT2D eigenvalue weighted by atomic mass is 79.9. The maximum Gasteiger partial charge on any atom is 0.228 e. The number of benzene rings is 1. The van der Waals surface area contributed by atoms with E-state index in [4.69, 9.17) is 0 Å². The molecule has 3 nitrogen and oxygen atoms in total. The SMILES string of the molecule is O=C(Cc1cccnc1)Nc1ccc(Br)cc1. The van der Waals surface area contributed by atoms with E-state index in [2.05, 4.69) is 26.2 Å². The van der Waals surface area contributed by atoms with Crippen LogP contribution in [-0.2, 0) is 11.2 Å². The van der Waals surface area contributed by atoms with E-state index in [1.165, 1.54) is 0 Å². The van der Waals surface area contributed by atoms with Crippen LogP contribution in [-0.4, -0.2) is 10.9 Å². The van der Waals surface area contributed by atoms with Gasteiger partial charge < -0.3 is 5.32 Å². The summed E-state index contributed by atoms with van der Waals surface area (Å²) in [6, 6.07) is 11.2. The van der Waals surface area contributed by atoms with E-state index in [-0.39, 0.29) is 5.91 Å². The molecule has 17 heavy (non-hydrogen) atoms. The van der Waals surface area contributed by atoms with E-state index in [1.807, 2.05) is 36.4 Å². The van der Waals surface area contributed by atoms with Gasteiger partial charge in [-0.2, -0.15) is 0 Å². The number of nitrogens with zero attached hydrogens (tertiary/aromatic N) is 1. The lowest BCUT2D eigenvalue weighted by atomic mass is 10.2. The summed E-state index contributed by atoms with van der Waals surface area (Å²) in [6.45, 7) is 0. The van der Waals surface area contributed by atoms with Crippen molar-refractivity contribution in [3.63, 3.8) is 0 Å². The summed E-state index contributed by atoms with van der Waals surface area (Å²) in [6.07, 6.45) is 3.72. The van der Waals surface area contributed by atoms with Crippen molar-refractivity contribution in [3.8, 4) is 0 Å². The van der Waals surface area contributed by atoms with E-state index >= 15 is 0 Å². The Hall–Kier alpha value is -1.68. The maximum atomic E-state index is 11.7. The molecule has 1 amide bonds. The zero-order chi connectivity index (χ0) is 12.1. The number of hydrogen-bond acceptors (Lipinski definition) is 2. The number of anilines is 1. The highest BCUT2D eigenvalue weighted by Gasteiger charge is 2.03. The molecule has 1 N–H and O–H groups in total. The minimum Gasteiger partial charge on any atom is -0.326 e. The molecule has 0 spiro atoms. The van der Waals surface area contributed by atoms with Gasteiger partial charge in [0.1, 0.15) is 0 Å². The van der Waals surface area contributed by atoms with Crippen LogP contribution in [0.3, 0.4) is 0 Å². The van der Waals surface area contributed by atoms with Crippen LogP contribution in [0.15, 0.2) is 53.3 Å². The van der Waals surface area contributed by atoms with Gasteiger partial charge in [-0.15, -0.1) is 0 Å². The van der Waals surface area contributed by atoms with Gasteiger partial charge in [0.2, 0.25) is 5.91 Å². The third kappa shape index (κ3) is 3.67. The van der Waals surface area contributed by atoms with Gasteiger partial charge in [-0.3, -0.25) is 9.78 Å². The number of nitrogens with one attached hydrogen (secondary N) is 1. The number of carbonyl (C=O) groups excluding carboxylic acids is 1. The van der Waals surface area contributed by atoms with Crippen molar-refractivity contribution in [1.82, 2.24) is 4.98 Å². The van der Waals surface area contributed by atoms with Gasteiger partial charge in [0.05, 0.1) is 6.42 Å². The van der Waals surface area contributed by atoms with Gasteiger partial charge in [-0.1, -0.05) is 22.0 Å². The molecule has 0 saturated carbocycles. The lowest BCUT2D eigenvalue weighted by Crippen LogP contribution is -2.14. The third-order valence-corrected chi connectivity index (χ3v) is 2.74. The molecule has 0 saturated heterocycles. The summed E-state index contributed by atoms with van der Waals surface area (Å²) in [5.74, 6) is -0.0414. The summed E-state index contributed by atoms with van der Waals surface area (Å²) in [5.41, 5.74) is 1.70. The first kappa shape index (κ1) is 11.8. The summed E-state index contributed by atoms with van der Waals surface area (Å²) in [5, 5.41) is 2.83. The second-order valence-corrected chi connectivity index (χ2v) is 4.51. The first-order valence-electron chi connectivity index (χ1n) is 5.18. The van der Waals surface area contributed by atoms with E-state index in [0.29, 0.717) is 6.42 Å². The molecule has 0 unspecified atom stereocenters. The van der Waals surface area contributed by atoms with Crippen molar-refractivity contribution < 1.29 is 4.79 Å². The standard InChI is InChI=1S/C13H11BrN2O/c14-11-3-5-12(6-4-11)16-13(17)8-10-2-1-7-15-9-10/h1-7,9H,8H2,(H,16,17). The third-order valence-electron chi connectivity index (χ3n) is 2.22. The molecule has 1 heterocycles. The van der Waals surface area contributed by atoms with Crippen LogP contribution in [0, 0.1) is 0 Å². The lowest BCUT2D eigenvalue weighted by molar-refractivity contribution is -0.115. The van der Waals surface area contributed by atoms with E-state index < -0.39 is 0 Å². The smallest absolute Gasteiger partial charge is 0.228 e. The predicted molar refractivity (Wildman–Crippen MR) is 70.7 cm³/mol. The van der Waals surface area contributed by atoms with Gasteiger partial charge in [-0.25, -0.2) is 0 Å². The van der Waals surface area contributed by atoms with Gasteiger partial charge in [-0.05, 0) is 35.9 Å². The van der Waals surface area contributed by atoms with Gasteiger partial charge in [0.25, 0.3) is 0 Å². The fourth-order valence-electron chi connectivity index (χ4n) is 1.43. The average Bonchev–Trinajstić information content (AvgIpc) is 2.33. The molecule has 86 valence electrons. The Morgan fingerprint density at radius 1 is 1.24 bits per heavy atom. The van der Waals surface area contributed by atoms with E-state index in [9.17, 15) is 4.79 Å². The van der Waals surface area contributed by atoms with Crippen molar-refractivity contribution in [2.45, 2.75) is 6.42 Å². The Labute approximate surface area is 108 Å². The van der Waals surface area contributed by atoms with Crippen molar-refractivity contribution in [1.29, 1.82) is 0 Å². The molecule has 1 aromatic heterocycles. The quantitative estimate of drug-likeness (QED) is 0.944. The average molecular weight is 291 g/mol. The second kappa shape index (κ2) is 5.59. The van der Waals surface area contributed by atoms with Gasteiger partial charge >= 0.3 is 0 Å². The van der Waals surface area contributed by atoms with Crippen molar-refractivity contribution in [2.24, 2.45) is 0 Å². The number of carbonyl (C=O) groups is 1. The van der Waals surface area contributed by atoms with Crippen LogP contribution in [0.4, 0.5) is 5.69 Å². The molecule has 0 radical (unpaired) electrons. The van der Waals surface area contributed by atoms with Gasteiger partial charge in [0.15, 0.2) is 0 Å². The summed E-state index contributed by atoms with van der Waals surface area (Å²) in [4.78, 5) is 15.7. The monoisotopic (exact) mass is 290 g/mol. The molecule has 0 aliphatic rings. The second-order valence-electron chi connectivity index (χ2n) is 3.59. The Bertz CT molecular complexity index is 497.